The molecule has 0 aliphatic heterocycles. The minimum atomic E-state index is -1.92. The molecule has 5 heteroatoms. The van der Waals surface area contributed by atoms with Crippen molar-refractivity contribution < 1.29 is 19.4 Å². The van der Waals surface area contributed by atoms with E-state index in [1.165, 1.54) is 12.1 Å². The van der Waals surface area contributed by atoms with Gasteiger partial charge < -0.3 is 9.84 Å². The van der Waals surface area contributed by atoms with Gasteiger partial charge in [-0.05, 0) is 24.6 Å². The lowest BCUT2D eigenvalue weighted by molar-refractivity contribution is -0.161. The Hall–Kier alpha value is -1.99. The SMILES string of the molecule is C#CCC(C(=O)O)(C(=O)OCC)c1cccc(Cl)c1. The molecule has 0 radical (unpaired) electrons. The number of esters is 1. The van der Waals surface area contributed by atoms with E-state index in [0.29, 0.717) is 5.02 Å². The van der Waals surface area contributed by atoms with Crippen molar-refractivity contribution in [1.29, 1.82) is 0 Å². The molecule has 0 fully saturated rings. The Morgan fingerprint density at radius 1 is 1.53 bits per heavy atom. The van der Waals surface area contributed by atoms with Crippen LogP contribution < -0.4 is 0 Å². The number of carbonyl (C=O) groups is 2. The van der Waals surface area contributed by atoms with E-state index in [4.69, 9.17) is 22.8 Å². The van der Waals surface area contributed by atoms with E-state index in [1.807, 2.05) is 0 Å². The molecule has 0 aromatic heterocycles. The van der Waals surface area contributed by atoms with Crippen molar-refractivity contribution >= 4 is 23.5 Å². The van der Waals surface area contributed by atoms with Gasteiger partial charge in [-0.2, -0.15) is 0 Å². The molecule has 0 saturated carbocycles. The van der Waals surface area contributed by atoms with Crippen LogP contribution in [0, 0.1) is 12.3 Å². The lowest BCUT2D eigenvalue weighted by Gasteiger charge is -2.25. The van der Waals surface area contributed by atoms with Gasteiger partial charge in [0.25, 0.3) is 0 Å². The quantitative estimate of drug-likeness (QED) is 0.510. The number of benzene rings is 1. The molecule has 1 aromatic rings. The molecule has 1 N–H and O–H groups in total. The average molecular weight is 281 g/mol. The second-order valence-electron chi connectivity index (χ2n) is 3.82. The summed E-state index contributed by atoms with van der Waals surface area (Å²) in [5.74, 6) is -0.0193. The van der Waals surface area contributed by atoms with Crippen LogP contribution >= 0.6 is 11.6 Å². The molecule has 0 bridgehead atoms. The number of carboxylic acids is 1. The highest BCUT2D eigenvalue weighted by Crippen LogP contribution is 2.31. The predicted octanol–water partition coefficient (Wildman–Crippen LogP) is 2.25. The average Bonchev–Trinajstić information content (AvgIpc) is 2.35. The third-order valence-corrected chi connectivity index (χ3v) is 2.91. The van der Waals surface area contributed by atoms with Crippen LogP contribution in [-0.2, 0) is 19.7 Å². The molecule has 0 spiro atoms. The number of carbonyl (C=O) groups excluding carboxylic acids is 1. The molecule has 4 nitrogen and oxygen atoms in total. The van der Waals surface area contributed by atoms with Crippen LogP contribution in [0.3, 0.4) is 0 Å². The van der Waals surface area contributed by atoms with E-state index in [2.05, 4.69) is 5.92 Å². The Morgan fingerprint density at radius 3 is 2.68 bits per heavy atom. The molecule has 100 valence electrons. The Kier molecular flexibility index (Phi) is 4.96. The van der Waals surface area contributed by atoms with Gasteiger partial charge in [0.15, 0.2) is 0 Å². The summed E-state index contributed by atoms with van der Waals surface area (Å²) < 4.78 is 4.86. The Balaban J connectivity index is 3.44. The van der Waals surface area contributed by atoms with Gasteiger partial charge in [-0.1, -0.05) is 23.7 Å². The fourth-order valence-electron chi connectivity index (χ4n) is 1.74. The standard InChI is InChI=1S/C14H13ClO4/c1-3-8-14(12(16)17,13(18)19-4-2)10-6-5-7-11(15)9-10/h1,5-7,9H,4,8H2,2H3,(H,16,17). The fourth-order valence-corrected chi connectivity index (χ4v) is 1.93. The van der Waals surface area contributed by atoms with E-state index in [9.17, 15) is 14.7 Å². The molecule has 0 aliphatic rings. The first kappa shape index (κ1) is 15.1. The maximum absolute atomic E-state index is 12.1. The number of rotatable bonds is 5. The molecule has 1 rings (SSSR count). The Bertz CT molecular complexity index is 532. The summed E-state index contributed by atoms with van der Waals surface area (Å²) in [6.45, 7) is 1.66. The van der Waals surface area contributed by atoms with Crippen LogP contribution in [0.2, 0.25) is 5.02 Å². The molecular weight excluding hydrogens is 268 g/mol. The first-order chi connectivity index (χ1) is 8.98. The normalized spacial score (nSPS) is 13.1. The van der Waals surface area contributed by atoms with Gasteiger partial charge in [0.05, 0.1) is 6.61 Å². The molecule has 0 heterocycles. The van der Waals surface area contributed by atoms with E-state index in [0.717, 1.165) is 0 Å². The van der Waals surface area contributed by atoms with Crippen molar-refractivity contribution in [2.24, 2.45) is 0 Å². The zero-order chi connectivity index (χ0) is 14.5. The lowest BCUT2D eigenvalue weighted by atomic mass is 9.77. The van der Waals surface area contributed by atoms with Gasteiger partial charge in [-0.15, -0.1) is 12.3 Å². The minimum Gasteiger partial charge on any atom is -0.480 e. The maximum Gasteiger partial charge on any atom is 0.329 e. The number of ether oxygens (including phenoxy) is 1. The van der Waals surface area contributed by atoms with Crippen LogP contribution in [0.1, 0.15) is 18.9 Å². The number of hydrogen-bond acceptors (Lipinski definition) is 3. The summed E-state index contributed by atoms with van der Waals surface area (Å²) in [6, 6.07) is 6.04. The summed E-state index contributed by atoms with van der Waals surface area (Å²) in [6.07, 6.45) is 4.90. The van der Waals surface area contributed by atoms with Crippen molar-refractivity contribution in [2.75, 3.05) is 6.61 Å². The molecule has 0 saturated heterocycles. The van der Waals surface area contributed by atoms with E-state index in [1.54, 1.807) is 19.1 Å². The number of hydrogen-bond donors (Lipinski definition) is 1. The molecule has 1 atom stereocenters. The van der Waals surface area contributed by atoms with Crippen LogP contribution in [0.25, 0.3) is 0 Å². The van der Waals surface area contributed by atoms with E-state index >= 15 is 0 Å². The second-order valence-corrected chi connectivity index (χ2v) is 4.26. The van der Waals surface area contributed by atoms with Gasteiger partial charge in [0.2, 0.25) is 5.41 Å². The number of halogens is 1. The summed E-state index contributed by atoms with van der Waals surface area (Å²) in [5.41, 5.74) is -1.71. The molecular formula is C14H13ClO4. The minimum absolute atomic E-state index is 0.0685. The van der Waals surface area contributed by atoms with Gasteiger partial charge in [0.1, 0.15) is 0 Å². The number of terminal acetylenes is 1. The predicted molar refractivity (Wildman–Crippen MR) is 70.8 cm³/mol. The van der Waals surface area contributed by atoms with E-state index < -0.39 is 17.4 Å². The monoisotopic (exact) mass is 280 g/mol. The first-order valence-electron chi connectivity index (χ1n) is 5.59. The van der Waals surface area contributed by atoms with Crippen molar-refractivity contribution in [2.45, 2.75) is 18.8 Å². The van der Waals surface area contributed by atoms with Gasteiger partial charge in [0, 0.05) is 11.4 Å². The number of carboxylic acid groups (broad SMARTS) is 1. The van der Waals surface area contributed by atoms with E-state index in [-0.39, 0.29) is 18.6 Å². The highest BCUT2D eigenvalue weighted by Gasteiger charge is 2.49. The fraction of sp³-hybridized carbons (Fsp3) is 0.286. The van der Waals surface area contributed by atoms with Gasteiger partial charge in [-0.3, -0.25) is 9.59 Å². The van der Waals surface area contributed by atoms with Crippen LogP contribution in [0.15, 0.2) is 24.3 Å². The summed E-state index contributed by atoms with van der Waals surface area (Å²) in [7, 11) is 0. The molecule has 1 aromatic carbocycles. The Morgan fingerprint density at radius 2 is 2.21 bits per heavy atom. The number of aliphatic carboxylic acids is 1. The highest BCUT2D eigenvalue weighted by atomic mass is 35.5. The maximum atomic E-state index is 12.1. The summed E-state index contributed by atoms with van der Waals surface area (Å²) in [4.78, 5) is 23.7. The first-order valence-corrected chi connectivity index (χ1v) is 5.97. The van der Waals surface area contributed by atoms with Crippen LogP contribution in [0.4, 0.5) is 0 Å². The Labute approximate surface area is 116 Å². The van der Waals surface area contributed by atoms with Crippen molar-refractivity contribution in [3.05, 3.63) is 34.9 Å². The second kappa shape index (κ2) is 6.26. The summed E-state index contributed by atoms with van der Waals surface area (Å²) in [5, 5.41) is 9.78. The lowest BCUT2D eigenvalue weighted by Crippen LogP contribution is -2.44. The third kappa shape index (κ3) is 2.88. The largest absolute Gasteiger partial charge is 0.480 e. The summed E-state index contributed by atoms with van der Waals surface area (Å²) >= 11 is 5.84. The molecule has 1 unspecified atom stereocenters. The van der Waals surface area contributed by atoms with Crippen molar-refractivity contribution in [3.63, 3.8) is 0 Å². The third-order valence-electron chi connectivity index (χ3n) is 2.67. The molecule has 19 heavy (non-hydrogen) atoms. The molecule has 0 aliphatic carbocycles. The van der Waals surface area contributed by atoms with Crippen molar-refractivity contribution in [3.8, 4) is 12.3 Å². The van der Waals surface area contributed by atoms with Crippen LogP contribution in [0.5, 0.6) is 0 Å². The zero-order valence-corrected chi connectivity index (χ0v) is 11.1. The topological polar surface area (TPSA) is 63.6 Å². The van der Waals surface area contributed by atoms with Crippen molar-refractivity contribution in [1.82, 2.24) is 0 Å². The van der Waals surface area contributed by atoms with Gasteiger partial charge in [-0.25, -0.2) is 0 Å². The van der Waals surface area contributed by atoms with Crippen LogP contribution in [-0.4, -0.2) is 23.7 Å². The highest BCUT2D eigenvalue weighted by molar-refractivity contribution is 6.30. The molecule has 0 amide bonds. The smallest absolute Gasteiger partial charge is 0.329 e. The zero-order valence-electron chi connectivity index (χ0n) is 10.4. The van der Waals surface area contributed by atoms with Gasteiger partial charge >= 0.3 is 11.9 Å².